The molecule has 2 aromatic carbocycles. The maximum atomic E-state index is 14.6. The van der Waals surface area contributed by atoms with E-state index >= 15 is 0 Å². The number of hydrogen-bond donors (Lipinski definition) is 0. The van der Waals surface area contributed by atoms with E-state index in [1.54, 1.807) is 19.1 Å². The molecule has 1 saturated carbocycles. The Morgan fingerprint density at radius 2 is 1.75 bits per heavy atom. The Hall–Kier alpha value is -3.36. The lowest BCUT2D eigenvalue weighted by Gasteiger charge is -2.35. The van der Waals surface area contributed by atoms with Gasteiger partial charge in [0.1, 0.15) is 22.3 Å². The second-order valence-electron chi connectivity index (χ2n) is 10.1. The molecule has 1 fully saturated rings. The van der Waals surface area contributed by atoms with Gasteiger partial charge < -0.3 is 9.64 Å². The van der Waals surface area contributed by atoms with E-state index in [0.29, 0.717) is 5.75 Å². The molecule has 0 unspecified atom stereocenters. The third-order valence-corrected chi connectivity index (χ3v) is 9.14. The van der Waals surface area contributed by atoms with Gasteiger partial charge in [0.05, 0.1) is 22.2 Å². The summed E-state index contributed by atoms with van der Waals surface area (Å²) in [4.78, 5) is 24.9. The highest BCUT2D eigenvalue weighted by molar-refractivity contribution is 7.21. The Morgan fingerprint density at radius 1 is 1.07 bits per heavy atom. The molecule has 0 atom stereocenters. The molecule has 0 aliphatic heterocycles. The SMILES string of the molecule is CN=C1CCC(N(Cc2cc(-c3cc(C)nc(C)c3)ccc2OC)C(=O)c2sc3c(F)ccc(F)c3c2Cl)CC1. The summed E-state index contributed by atoms with van der Waals surface area (Å²) in [5, 5.41) is -0.107. The zero-order valence-corrected chi connectivity index (χ0v) is 24.4. The van der Waals surface area contributed by atoms with Crippen molar-refractivity contribution in [2.45, 2.75) is 52.1 Å². The minimum Gasteiger partial charge on any atom is -0.496 e. The highest BCUT2D eigenvalue weighted by Crippen LogP contribution is 2.40. The number of aromatic nitrogens is 1. The number of methoxy groups -OCH3 is 1. The van der Waals surface area contributed by atoms with Crippen LogP contribution in [0.1, 0.15) is 52.3 Å². The number of aryl methyl sites for hydroxylation is 2. The minimum absolute atomic E-state index is 0.0420. The van der Waals surface area contributed by atoms with Crippen LogP contribution < -0.4 is 4.74 Å². The fourth-order valence-electron chi connectivity index (χ4n) is 5.47. The third-order valence-electron chi connectivity index (χ3n) is 7.46. The molecule has 208 valence electrons. The molecule has 1 aliphatic rings. The lowest BCUT2D eigenvalue weighted by Crippen LogP contribution is -2.42. The first-order chi connectivity index (χ1) is 19.2. The molecule has 0 spiro atoms. The van der Waals surface area contributed by atoms with Crippen molar-refractivity contribution >= 4 is 44.6 Å². The smallest absolute Gasteiger partial charge is 0.266 e. The van der Waals surface area contributed by atoms with Crippen LogP contribution in [0.15, 0.2) is 47.5 Å². The number of carbonyl (C=O) groups is 1. The second kappa shape index (κ2) is 11.6. The van der Waals surface area contributed by atoms with E-state index in [4.69, 9.17) is 16.3 Å². The van der Waals surface area contributed by atoms with Crippen molar-refractivity contribution in [3.8, 4) is 16.9 Å². The van der Waals surface area contributed by atoms with Crippen LogP contribution >= 0.6 is 22.9 Å². The number of amides is 1. The minimum atomic E-state index is -0.651. The lowest BCUT2D eigenvalue weighted by atomic mass is 9.91. The van der Waals surface area contributed by atoms with Crippen LogP contribution in [-0.4, -0.2) is 41.7 Å². The summed E-state index contributed by atoms with van der Waals surface area (Å²) >= 11 is 7.45. The normalized spacial score (nSPS) is 15.4. The van der Waals surface area contributed by atoms with Gasteiger partial charge in [0, 0.05) is 42.3 Å². The van der Waals surface area contributed by atoms with Crippen LogP contribution in [0.5, 0.6) is 5.75 Å². The van der Waals surface area contributed by atoms with Crippen molar-refractivity contribution in [2.75, 3.05) is 14.2 Å². The van der Waals surface area contributed by atoms with Gasteiger partial charge >= 0.3 is 0 Å². The van der Waals surface area contributed by atoms with Gasteiger partial charge in [-0.2, -0.15) is 0 Å². The number of halogens is 3. The first kappa shape index (κ1) is 28.2. The van der Waals surface area contributed by atoms with Gasteiger partial charge in [-0.15, -0.1) is 11.3 Å². The van der Waals surface area contributed by atoms with Crippen molar-refractivity contribution < 1.29 is 18.3 Å². The van der Waals surface area contributed by atoms with Crippen LogP contribution in [0.3, 0.4) is 0 Å². The van der Waals surface area contributed by atoms with E-state index in [0.717, 1.165) is 82.9 Å². The molecule has 0 N–H and O–H groups in total. The average molecular weight is 582 g/mol. The molecule has 1 aliphatic carbocycles. The van der Waals surface area contributed by atoms with Crippen LogP contribution in [0, 0.1) is 25.5 Å². The standard InChI is InChI=1S/C31H30ClF2N3O2S/c1-17-13-20(14-18(2)36-17)19-5-12-26(39-4)21(15-19)16-37(23-8-6-22(35-3)7-9-23)31(38)30-28(32)27-24(33)10-11-25(34)29(27)40-30/h5,10-15,23H,6-9,16H2,1-4H3. The number of hydrogen-bond acceptors (Lipinski definition) is 5. The largest absolute Gasteiger partial charge is 0.496 e. The summed E-state index contributed by atoms with van der Waals surface area (Å²) in [6, 6.07) is 12.0. The molecule has 4 aromatic rings. The number of aliphatic imine (C=N–C) groups is 1. The molecule has 0 radical (unpaired) electrons. The molecule has 0 saturated heterocycles. The molecule has 5 nitrogen and oxygen atoms in total. The Balaban J connectivity index is 1.58. The molecule has 5 rings (SSSR count). The van der Waals surface area contributed by atoms with E-state index < -0.39 is 11.6 Å². The summed E-state index contributed by atoms with van der Waals surface area (Å²) in [6.07, 6.45) is 3.02. The van der Waals surface area contributed by atoms with Gasteiger partial charge in [-0.1, -0.05) is 17.7 Å². The Kier molecular flexibility index (Phi) is 8.19. The second-order valence-corrected chi connectivity index (χ2v) is 11.5. The predicted octanol–water partition coefficient (Wildman–Crippen LogP) is 8.18. The van der Waals surface area contributed by atoms with Crippen molar-refractivity contribution in [3.05, 3.63) is 81.0 Å². The Bertz CT molecular complexity index is 1600. The summed E-state index contributed by atoms with van der Waals surface area (Å²) in [6.45, 7) is 4.16. The Labute approximate surface area is 241 Å². The van der Waals surface area contributed by atoms with Crippen LogP contribution in [0.4, 0.5) is 8.78 Å². The monoisotopic (exact) mass is 581 g/mol. The summed E-state index contributed by atoms with van der Waals surface area (Å²) in [7, 11) is 3.39. The predicted molar refractivity (Wildman–Crippen MR) is 158 cm³/mol. The fourth-order valence-corrected chi connectivity index (χ4v) is 6.97. The number of rotatable bonds is 6. The molecule has 1 amide bonds. The summed E-state index contributed by atoms with van der Waals surface area (Å²) in [5.74, 6) is -0.958. The van der Waals surface area contributed by atoms with Gasteiger partial charge in [0.25, 0.3) is 5.91 Å². The topological polar surface area (TPSA) is 54.8 Å². The number of fused-ring (bicyclic) bond motifs is 1. The van der Waals surface area contributed by atoms with Crippen molar-refractivity contribution in [1.82, 2.24) is 9.88 Å². The fraction of sp³-hybridized carbons (Fsp3) is 0.323. The van der Waals surface area contributed by atoms with Gasteiger partial charge in [0.2, 0.25) is 0 Å². The van der Waals surface area contributed by atoms with E-state index in [1.807, 2.05) is 44.2 Å². The van der Waals surface area contributed by atoms with E-state index in [2.05, 4.69) is 9.98 Å². The zero-order valence-electron chi connectivity index (χ0n) is 22.9. The van der Waals surface area contributed by atoms with Crippen molar-refractivity contribution in [2.24, 2.45) is 4.99 Å². The average Bonchev–Trinajstić information content (AvgIpc) is 3.31. The van der Waals surface area contributed by atoms with Gasteiger partial charge in [-0.25, -0.2) is 8.78 Å². The number of benzene rings is 2. The molecule has 2 aromatic heterocycles. The molecule has 40 heavy (non-hydrogen) atoms. The molecule has 2 heterocycles. The van der Waals surface area contributed by atoms with Crippen LogP contribution in [0.2, 0.25) is 5.02 Å². The van der Waals surface area contributed by atoms with Crippen LogP contribution in [-0.2, 0) is 6.54 Å². The number of thiophene rings is 1. The highest BCUT2D eigenvalue weighted by Gasteiger charge is 2.32. The van der Waals surface area contributed by atoms with E-state index in [9.17, 15) is 13.6 Å². The maximum absolute atomic E-state index is 14.6. The maximum Gasteiger partial charge on any atom is 0.266 e. The summed E-state index contributed by atoms with van der Waals surface area (Å²) < 4.78 is 35.0. The number of pyridine rings is 1. The first-order valence-corrected chi connectivity index (χ1v) is 14.3. The van der Waals surface area contributed by atoms with Gasteiger partial charge in [-0.3, -0.25) is 14.8 Å². The number of nitrogens with zero attached hydrogens (tertiary/aromatic N) is 3. The number of carbonyl (C=O) groups excluding carboxylic acids is 1. The zero-order chi connectivity index (χ0) is 28.6. The molecular weight excluding hydrogens is 552 g/mol. The first-order valence-electron chi connectivity index (χ1n) is 13.1. The Morgan fingerprint density at radius 3 is 2.38 bits per heavy atom. The van der Waals surface area contributed by atoms with E-state index in [1.165, 1.54) is 0 Å². The van der Waals surface area contributed by atoms with Gasteiger partial charge in [-0.05, 0) is 87.1 Å². The van der Waals surface area contributed by atoms with Crippen molar-refractivity contribution in [1.29, 1.82) is 0 Å². The lowest BCUT2D eigenvalue weighted by molar-refractivity contribution is 0.0640. The molecular formula is C31H30ClF2N3O2S. The number of ether oxygens (including phenoxy) is 1. The van der Waals surface area contributed by atoms with Crippen molar-refractivity contribution in [3.63, 3.8) is 0 Å². The highest BCUT2D eigenvalue weighted by atomic mass is 35.5. The van der Waals surface area contributed by atoms with Gasteiger partial charge in [0.15, 0.2) is 0 Å². The molecule has 9 heteroatoms. The third kappa shape index (κ3) is 5.47. The van der Waals surface area contributed by atoms with Crippen LogP contribution in [0.25, 0.3) is 21.2 Å². The van der Waals surface area contributed by atoms with E-state index in [-0.39, 0.29) is 38.5 Å². The molecule has 0 bridgehead atoms. The quantitative estimate of drug-likeness (QED) is 0.231. The summed E-state index contributed by atoms with van der Waals surface area (Å²) in [5.41, 5.74) is 5.77.